The Bertz CT molecular complexity index is 699. The third-order valence-corrected chi connectivity index (χ3v) is 3.83. The van der Waals surface area contributed by atoms with Crippen LogP contribution in [0.2, 0.25) is 0 Å². The third-order valence-electron chi connectivity index (χ3n) is 3.83. The Hall–Kier alpha value is -1.89. The first-order valence-corrected chi connectivity index (χ1v) is 6.35. The highest BCUT2D eigenvalue weighted by molar-refractivity contribution is 6.02. The lowest BCUT2D eigenvalue weighted by Gasteiger charge is -2.28. The van der Waals surface area contributed by atoms with Crippen LogP contribution in [-0.2, 0) is 0 Å². The van der Waals surface area contributed by atoms with E-state index in [2.05, 4.69) is 5.32 Å². The van der Waals surface area contributed by atoms with Crippen molar-refractivity contribution in [1.82, 2.24) is 5.32 Å². The van der Waals surface area contributed by atoms with Crippen LogP contribution in [0.5, 0.6) is 0 Å². The standard InChI is InChI=1S/C14H11F4NO2/c15-9-1-2-10-8(5-9)6-11(21-10)12(20)13(14(16,17)18)3-4-19-7-13/h1-2,5-6,19H,3-4,7H2. The van der Waals surface area contributed by atoms with Crippen LogP contribution in [0.15, 0.2) is 28.7 Å². The van der Waals surface area contributed by atoms with Gasteiger partial charge in [0.1, 0.15) is 16.8 Å². The number of alkyl halides is 3. The second-order valence-electron chi connectivity index (χ2n) is 5.13. The summed E-state index contributed by atoms with van der Waals surface area (Å²) in [7, 11) is 0. The number of benzene rings is 1. The minimum atomic E-state index is -4.67. The normalized spacial score (nSPS) is 22.9. The molecule has 112 valence electrons. The van der Waals surface area contributed by atoms with Gasteiger partial charge < -0.3 is 9.73 Å². The van der Waals surface area contributed by atoms with Crippen LogP contribution in [0, 0.1) is 11.2 Å². The quantitative estimate of drug-likeness (QED) is 0.683. The molecular weight excluding hydrogens is 290 g/mol. The van der Waals surface area contributed by atoms with Crippen LogP contribution >= 0.6 is 0 Å². The molecule has 2 heterocycles. The topological polar surface area (TPSA) is 42.2 Å². The monoisotopic (exact) mass is 301 g/mol. The number of ketones is 1. The number of hydrogen-bond donors (Lipinski definition) is 1. The zero-order valence-electron chi connectivity index (χ0n) is 10.8. The number of carbonyl (C=O) groups is 1. The van der Waals surface area contributed by atoms with E-state index < -0.39 is 35.5 Å². The molecule has 1 fully saturated rings. The van der Waals surface area contributed by atoms with E-state index in [-0.39, 0.29) is 23.9 Å². The highest BCUT2D eigenvalue weighted by Gasteiger charge is 2.62. The van der Waals surface area contributed by atoms with E-state index in [4.69, 9.17) is 4.42 Å². The van der Waals surface area contributed by atoms with Gasteiger partial charge in [-0.05, 0) is 37.2 Å². The van der Waals surface area contributed by atoms with Crippen LogP contribution in [0.25, 0.3) is 11.0 Å². The van der Waals surface area contributed by atoms with E-state index in [0.717, 1.165) is 18.2 Å². The van der Waals surface area contributed by atoms with Crippen LogP contribution in [-0.4, -0.2) is 25.0 Å². The lowest BCUT2D eigenvalue weighted by atomic mass is 9.80. The molecule has 0 saturated carbocycles. The van der Waals surface area contributed by atoms with E-state index in [1.54, 1.807) is 0 Å². The van der Waals surface area contributed by atoms with Gasteiger partial charge in [0.2, 0.25) is 5.78 Å². The van der Waals surface area contributed by atoms with Crippen molar-refractivity contribution >= 4 is 16.8 Å². The molecule has 0 aliphatic carbocycles. The maximum absolute atomic E-state index is 13.3. The Kier molecular flexibility index (Phi) is 3.05. The summed E-state index contributed by atoms with van der Waals surface area (Å²) in [6, 6.07) is 4.68. The van der Waals surface area contributed by atoms with Crippen molar-refractivity contribution in [3.8, 4) is 0 Å². The van der Waals surface area contributed by atoms with Crippen molar-refractivity contribution in [2.75, 3.05) is 13.1 Å². The molecule has 3 nitrogen and oxygen atoms in total. The molecular formula is C14H11F4NO2. The zero-order valence-corrected chi connectivity index (χ0v) is 10.8. The Morgan fingerprint density at radius 3 is 2.67 bits per heavy atom. The minimum absolute atomic E-state index is 0.111. The first-order valence-electron chi connectivity index (χ1n) is 6.35. The van der Waals surface area contributed by atoms with Crippen molar-refractivity contribution in [2.24, 2.45) is 5.41 Å². The molecule has 0 amide bonds. The summed E-state index contributed by atoms with van der Waals surface area (Å²) in [6.07, 6.45) is -5.00. The number of hydrogen-bond acceptors (Lipinski definition) is 3. The van der Waals surface area contributed by atoms with E-state index in [1.807, 2.05) is 0 Å². The second-order valence-corrected chi connectivity index (χ2v) is 5.13. The molecule has 1 aliphatic heterocycles. The number of rotatable bonds is 2. The molecule has 2 aromatic rings. The summed E-state index contributed by atoms with van der Waals surface area (Å²) < 4.78 is 58.2. The fraction of sp³-hybridized carbons (Fsp3) is 0.357. The highest BCUT2D eigenvalue weighted by atomic mass is 19.4. The Morgan fingerprint density at radius 1 is 1.29 bits per heavy atom. The zero-order chi connectivity index (χ0) is 15.3. The summed E-state index contributed by atoms with van der Waals surface area (Å²) in [4.78, 5) is 12.3. The summed E-state index contributed by atoms with van der Waals surface area (Å²) in [5.41, 5.74) is -2.29. The van der Waals surface area contributed by atoms with Gasteiger partial charge in [0.05, 0.1) is 0 Å². The smallest absolute Gasteiger partial charge is 0.403 e. The second kappa shape index (κ2) is 4.56. The van der Waals surface area contributed by atoms with Crippen LogP contribution in [0.1, 0.15) is 17.0 Å². The van der Waals surface area contributed by atoms with E-state index >= 15 is 0 Å². The predicted octanol–water partition coefficient (Wildman–Crippen LogP) is 3.30. The van der Waals surface area contributed by atoms with Crippen LogP contribution < -0.4 is 5.32 Å². The van der Waals surface area contributed by atoms with Crippen LogP contribution in [0.4, 0.5) is 17.6 Å². The molecule has 1 atom stereocenters. The van der Waals surface area contributed by atoms with Gasteiger partial charge in [-0.3, -0.25) is 4.79 Å². The van der Waals surface area contributed by atoms with Gasteiger partial charge in [-0.15, -0.1) is 0 Å². The predicted molar refractivity (Wildman–Crippen MR) is 66.5 cm³/mol. The van der Waals surface area contributed by atoms with Gasteiger partial charge in [0.15, 0.2) is 5.76 Å². The van der Waals surface area contributed by atoms with Gasteiger partial charge >= 0.3 is 6.18 Å². The maximum Gasteiger partial charge on any atom is 0.403 e. The first-order chi connectivity index (χ1) is 9.83. The Labute approximate surface area is 116 Å². The van der Waals surface area contributed by atoms with Crippen molar-refractivity contribution in [2.45, 2.75) is 12.6 Å². The maximum atomic E-state index is 13.3. The average Bonchev–Trinajstić information content (AvgIpc) is 3.03. The number of carbonyl (C=O) groups excluding carboxylic acids is 1. The molecule has 0 bridgehead atoms. The molecule has 0 radical (unpaired) electrons. The van der Waals surface area contributed by atoms with Gasteiger partial charge in [0.25, 0.3) is 0 Å². The Balaban J connectivity index is 2.06. The summed E-state index contributed by atoms with van der Waals surface area (Å²) in [5.74, 6) is -2.05. The molecule has 3 rings (SSSR count). The van der Waals surface area contributed by atoms with Crippen molar-refractivity contribution in [3.05, 3.63) is 35.8 Å². The number of furan rings is 1. The number of Topliss-reactive ketones (excluding diaryl/α,β-unsaturated/α-hetero) is 1. The number of halogens is 4. The van der Waals surface area contributed by atoms with Crippen LogP contribution in [0.3, 0.4) is 0 Å². The van der Waals surface area contributed by atoms with Gasteiger partial charge in [-0.2, -0.15) is 13.2 Å². The van der Waals surface area contributed by atoms with Crippen molar-refractivity contribution < 1.29 is 26.8 Å². The van der Waals surface area contributed by atoms with Crippen molar-refractivity contribution in [3.63, 3.8) is 0 Å². The van der Waals surface area contributed by atoms with Gasteiger partial charge in [0, 0.05) is 11.9 Å². The molecule has 21 heavy (non-hydrogen) atoms. The molecule has 0 spiro atoms. The average molecular weight is 301 g/mol. The molecule has 1 aromatic carbocycles. The number of nitrogens with one attached hydrogen (secondary N) is 1. The summed E-state index contributed by atoms with van der Waals surface area (Å²) >= 11 is 0. The van der Waals surface area contributed by atoms with E-state index in [0.29, 0.717) is 0 Å². The van der Waals surface area contributed by atoms with E-state index in [1.165, 1.54) is 6.07 Å². The first kappa shape index (κ1) is 14.1. The summed E-state index contributed by atoms with van der Waals surface area (Å²) in [6.45, 7) is -0.360. The van der Waals surface area contributed by atoms with Gasteiger partial charge in [-0.1, -0.05) is 0 Å². The van der Waals surface area contributed by atoms with E-state index in [9.17, 15) is 22.4 Å². The largest absolute Gasteiger partial charge is 0.453 e. The number of fused-ring (bicyclic) bond motifs is 1. The third kappa shape index (κ3) is 2.12. The highest BCUT2D eigenvalue weighted by Crippen LogP contribution is 2.45. The molecule has 7 heteroatoms. The Morgan fingerprint density at radius 2 is 2.05 bits per heavy atom. The molecule has 1 aromatic heterocycles. The lowest BCUT2D eigenvalue weighted by Crippen LogP contribution is -2.46. The SMILES string of the molecule is O=C(c1cc2cc(F)ccc2o1)C1(C(F)(F)F)CCNC1. The molecule has 1 saturated heterocycles. The van der Waals surface area contributed by atoms with Gasteiger partial charge in [-0.25, -0.2) is 4.39 Å². The molecule has 1 unspecified atom stereocenters. The van der Waals surface area contributed by atoms with Crippen molar-refractivity contribution in [1.29, 1.82) is 0 Å². The molecule has 1 aliphatic rings. The fourth-order valence-corrected chi connectivity index (χ4v) is 2.62. The lowest BCUT2D eigenvalue weighted by molar-refractivity contribution is -0.197. The minimum Gasteiger partial charge on any atom is -0.453 e. The molecule has 1 N–H and O–H groups in total. The summed E-state index contributed by atoms with van der Waals surface area (Å²) in [5, 5.41) is 2.84. The fourth-order valence-electron chi connectivity index (χ4n) is 2.62.